The fraction of sp³-hybridized carbons (Fsp3) is 0.429. The molecule has 1 aromatic carbocycles. The maximum atomic E-state index is 5.52. The van der Waals surface area contributed by atoms with Crippen LogP contribution in [0.4, 0.5) is 0 Å². The first-order chi connectivity index (χ1) is 7.93. The van der Waals surface area contributed by atoms with Gasteiger partial charge in [-0.2, -0.15) is 0 Å². The summed E-state index contributed by atoms with van der Waals surface area (Å²) in [6.07, 6.45) is 7.86. The molecule has 0 aliphatic carbocycles. The van der Waals surface area contributed by atoms with E-state index < -0.39 is 0 Å². The fourth-order valence-electron chi connectivity index (χ4n) is 1.30. The maximum Gasteiger partial charge on any atom is 0.229 e. The molecule has 1 rings (SSSR count). The van der Waals surface area contributed by atoms with Gasteiger partial charge in [-0.3, -0.25) is 0 Å². The summed E-state index contributed by atoms with van der Waals surface area (Å²) < 4.78 is 5.52. The Morgan fingerprint density at radius 2 is 2.06 bits per heavy atom. The van der Waals surface area contributed by atoms with Gasteiger partial charge in [-0.05, 0) is 24.4 Å². The topological polar surface area (TPSA) is 9.23 Å². The molecule has 16 heavy (non-hydrogen) atoms. The number of unbranched alkanes of at least 4 members (excludes halogenated alkanes) is 1. The number of hydrogen-bond donors (Lipinski definition) is 0. The van der Waals surface area contributed by atoms with Crippen LogP contribution in [0.15, 0.2) is 36.4 Å². The number of hydrogen-bond acceptors (Lipinski definition) is 1. The van der Waals surface area contributed by atoms with E-state index in [1.165, 1.54) is 18.0 Å². The molecule has 0 N–H and O–H groups in total. The first-order valence-electron chi connectivity index (χ1n) is 5.99. The van der Waals surface area contributed by atoms with Crippen LogP contribution in [0.3, 0.4) is 0 Å². The van der Waals surface area contributed by atoms with Gasteiger partial charge in [-0.15, -0.1) is 0 Å². The van der Waals surface area contributed by atoms with Crippen LogP contribution in [0.2, 0.25) is 6.04 Å². The van der Waals surface area contributed by atoms with E-state index in [1.807, 2.05) is 6.07 Å². The zero-order valence-corrected chi connectivity index (χ0v) is 11.0. The minimum absolute atomic E-state index is 0.693. The largest absolute Gasteiger partial charge is 0.417 e. The van der Waals surface area contributed by atoms with Crippen molar-refractivity contribution in [2.75, 3.05) is 6.61 Å². The van der Waals surface area contributed by atoms with Gasteiger partial charge in [0.2, 0.25) is 9.76 Å². The van der Waals surface area contributed by atoms with Crippen LogP contribution in [0.25, 0.3) is 6.08 Å². The molecule has 0 bridgehead atoms. The molecule has 0 unspecified atom stereocenters. The van der Waals surface area contributed by atoms with Crippen molar-refractivity contribution in [1.82, 2.24) is 0 Å². The molecule has 0 aliphatic rings. The van der Waals surface area contributed by atoms with Gasteiger partial charge in [-0.1, -0.05) is 55.8 Å². The Bertz CT molecular complexity index is 282. The smallest absolute Gasteiger partial charge is 0.229 e. The number of allylic oxidation sites excluding steroid dienone is 1. The molecular formula is C14H20OSi. The monoisotopic (exact) mass is 232 g/mol. The summed E-state index contributed by atoms with van der Waals surface area (Å²) in [6.45, 7) is 3.09. The third kappa shape index (κ3) is 6.59. The molecular weight excluding hydrogens is 212 g/mol. The summed E-state index contributed by atoms with van der Waals surface area (Å²) in [5.41, 5.74) is 1.27. The molecule has 1 nitrogen and oxygen atoms in total. The van der Waals surface area contributed by atoms with Crippen molar-refractivity contribution in [3.63, 3.8) is 0 Å². The number of benzene rings is 1. The molecule has 0 aromatic heterocycles. The van der Waals surface area contributed by atoms with Gasteiger partial charge in [0.1, 0.15) is 0 Å². The highest BCUT2D eigenvalue weighted by molar-refractivity contribution is 6.26. The SMILES string of the molecule is CCC[Si]OCCCC=Cc1ccccc1. The molecule has 2 radical (unpaired) electrons. The summed E-state index contributed by atoms with van der Waals surface area (Å²) in [5.74, 6) is 0. The molecule has 0 saturated heterocycles. The quantitative estimate of drug-likeness (QED) is 0.487. The molecule has 0 atom stereocenters. The summed E-state index contributed by atoms with van der Waals surface area (Å²) in [6, 6.07) is 11.6. The Hall–Kier alpha value is -0.863. The lowest BCUT2D eigenvalue weighted by atomic mass is 10.2. The van der Waals surface area contributed by atoms with Crippen molar-refractivity contribution in [1.29, 1.82) is 0 Å². The minimum Gasteiger partial charge on any atom is -0.417 e. The lowest BCUT2D eigenvalue weighted by Crippen LogP contribution is -1.99. The van der Waals surface area contributed by atoms with Crippen molar-refractivity contribution < 1.29 is 4.43 Å². The van der Waals surface area contributed by atoms with Crippen molar-refractivity contribution in [3.8, 4) is 0 Å². The zero-order chi connectivity index (χ0) is 11.5. The summed E-state index contributed by atoms with van der Waals surface area (Å²) in [7, 11) is 0.693. The van der Waals surface area contributed by atoms with Gasteiger partial charge in [0.05, 0.1) is 0 Å². The molecule has 0 fully saturated rings. The second-order valence-electron chi connectivity index (χ2n) is 3.70. The lowest BCUT2D eigenvalue weighted by molar-refractivity contribution is 0.328. The van der Waals surface area contributed by atoms with Gasteiger partial charge >= 0.3 is 0 Å². The predicted octanol–water partition coefficient (Wildman–Crippen LogP) is 3.94. The highest BCUT2D eigenvalue weighted by Crippen LogP contribution is 2.03. The summed E-state index contributed by atoms with van der Waals surface area (Å²) in [5, 5.41) is 0. The molecule has 1 aromatic rings. The zero-order valence-electron chi connectivity index (χ0n) is 9.99. The third-order valence-corrected chi connectivity index (χ3v) is 3.29. The van der Waals surface area contributed by atoms with E-state index in [2.05, 4.69) is 43.3 Å². The van der Waals surface area contributed by atoms with Crippen LogP contribution in [-0.4, -0.2) is 16.4 Å². The van der Waals surface area contributed by atoms with Crippen LogP contribution in [0.1, 0.15) is 31.7 Å². The van der Waals surface area contributed by atoms with Crippen molar-refractivity contribution in [2.24, 2.45) is 0 Å². The third-order valence-electron chi connectivity index (χ3n) is 2.18. The van der Waals surface area contributed by atoms with Crippen LogP contribution in [0, 0.1) is 0 Å². The predicted molar refractivity (Wildman–Crippen MR) is 71.5 cm³/mol. The Balaban J connectivity index is 2.01. The van der Waals surface area contributed by atoms with Crippen molar-refractivity contribution >= 4 is 15.8 Å². The maximum absolute atomic E-state index is 5.52. The van der Waals surface area contributed by atoms with E-state index in [-0.39, 0.29) is 0 Å². The molecule has 2 heteroatoms. The molecule has 0 saturated carbocycles. The van der Waals surface area contributed by atoms with Gasteiger partial charge < -0.3 is 4.43 Å². The normalized spacial score (nSPS) is 11.1. The Labute approximate surface area is 101 Å². The number of rotatable bonds is 8. The van der Waals surface area contributed by atoms with Gasteiger partial charge in [0.25, 0.3) is 0 Å². The van der Waals surface area contributed by atoms with Crippen LogP contribution in [-0.2, 0) is 4.43 Å². The first kappa shape index (κ1) is 13.2. The van der Waals surface area contributed by atoms with Crippen LogP contribution in [0.5, 0.6) is 0 Å². The van der Waals surface area contributed by atoms with E-state index in [0.717, 1.165) is 19.4 Å². The Morgan fingerprint density at radius 3 is 2.81 bits per heavy atom. The van der Waals surface area contributed by atoms with E-state index in [0.29, 0.717) is 9.76 Å². The molecule has 0 heterocycles. The molecule has 86 valence electrons. The first-order valence-corrected chi connectivity index (χ1v) is 7.11. The van der Waals surface area contributed by atoms with Crippen molar-refractivity contribution in [2.45, 2.75) is 32.2 Å². The Morgan fingerprint density at radius 1 is 1.25 bits per heavy atom. The van der Waals surface area contributed by atoms with Crippen LogP contribution >= 0.6 is 0 Å². The highest BCUT2D eigenvalue weighted by atomic mass is 28.2. The fourth-order valence-corrected chi connectivity index (χ4v) is 1.94. The minimum atomic E-state index is 0.693. The summed E-state index contributed by atoms with van der Waals surface area (Å²) in [4.78, 5) is 0. The van der Waals surface area contributed by atoms with Crippen molar-refractivity contribution in [3.05, 3.63) is 42.0 Å². The average Bonchev–Trinajstić information content (AvgIpc) is 2.34. The average molecular weight is 232 g/mol. The van der Waals surface area contributed by atoms with E-state index in [9.17, 15) is 0 Å². The second kappa shape index (κ2) is 9.37. The Kier molecular flexibility index (Phi) is 7.73. The van der Waals surface area contributed by atoms with Gasteiger partial charge in [0, 0.05) is 6.61 Å². The van der Waals surface area contributed by atoms with Crippen LogP contribution < -0.4 is 0 Å². The van der Waals surface area contributed by atoms with Gasteiger partial charge in [0.15, 0.2) is 0 Å². The highest BCUT2D eigenvalue weighted by Gasteiger charge is 1.89. The van der Waals surface area contributed by atoms with E-state index in [4.69, 9.17) is 4.43 Å². The molecule has 0 spiro atoms. The van der Waals surface area contributed by atoms with E-state index >= 15 is 0 Å². The molecule has 0 amide bonds. The lowest BCUT2D eigenvalue weighted by Gasteiger charge is -1.99. The standard InChI is InChI=1S/C14H20OSi/c1-2-13-16-15-12-8-4-7-11-14-9-5-3-6-10-14/h3,5-7,9-11H,2,4,8,12-13H2,1H3. The second-order valence-corrected chi connectivity index (χ2v) is 4.78. The summed E-state index contributed by atoms with van der Waals surface area (Å²) >= 11 is 0. The van der Waals surface area contributed by atoms with Gasteiger partial charge in [-0.25, -0.2) is 0 Å². The van der Waals surface area contributed by atoms with E-state index in [1.54, 1.807) is 0 Å². The molecule has 0 aliphatic heterocycles.